The molecule has 34 heavy (non-hydrogen) atoms. The first-order chi connectivity index (χ1) is 16.3. The molecule has 0 unspecified atom stereocenters. The van der Waals surface area contributed by atoms with Crippen LogP contribution in [0.1, 0.15) is 43.9 Å². The Labute approximate surface area is 199 Å². The minimum Gasteiger partial charge on any atom is -0.469 e. The summed E-state index contributed by atoms with van der Waals surface area (Å²) in [4.78, 5) is 16.3. The van der Waals surface area contributed by atoms with Crippen molar-refractivity contribution in [3.63, 3.8) is 0 Å². The Hall–Kier alpha value is -3.35. The number of hydrogen-bond donors (Lipinski definition) is 2. The molecule has 1 heterocycles. The second kappa shape index (κ2) is 11.7. The molecule has 0 aliphatic rings. The average molecular weight is 464 g/mol. The normalized spacial score (nSPS) is 13.3. The molecule has 2 aromatic carbocycles. The van der Waals surface area contributed by atoms with Crippen LogP contribution >= 0.6 is 0 Å². The van der Waals surface area contributed by atoms with Crippen molar-refractivity contribution in [1.82, 2.24) is 4.98 Å². The molecule has 2 atom stereocenters. The summed E-state index contributed by atoms with van der Waals surface area (Å²) in [6.45, 7) is 4.08. The van der Waals surface area contributed by atoms with Gasteiger partial charge in [0.2, 0.25) is 0 Å². The van der Waals surface area contributed by atoms with Gasteiger partial charge in [-0.3, -0.25) is 9.78 Å². The van der Waals surface area contributed by atoms with Crippen LogP contribution in [0.4, 0.5) is 4.39 Å². The number of hydrogen-bond acceptors (Lipinski definition) is 5. The van der Waals surface area contributed by atoms with E-state index in [2.05, 4.69) is 4.74 Å². The number of esters is 1. The fraction of sp³-hybridized carbons (Fsp3) is 0.286. The first kappa shape index (κ1) is 25.3. The Bertz CT molecular complexity index is 1130. The molecule has 0 saturated carbocycles. The highest BCUT2D eigenvalue weighted by atomic mass is 19.1. The molecule has 0 aliphatic carbocycles. The van der Waals surface area contributed by atoms with Gasteiger partial charge in [-0.25, -0.2) is 4.39 Å². The van der Waals surface area contributed by atoms with Crippen LogP contribution in [-0.4, -0.2) is 40.5 Å². The quantitative estimate of drug-likeness (QED) is 0.417. The number of halogens is 1. The predicted molar refractivity (Wildman–Crippen MR) is 131 cm³/mol. The lowest BCUT2D eigenvalue weighted by Crippen LogP contribution is -2.20. The van der Waals surface area contributed by atoms with E-state index in [4.69, 9.17) is 4.98 Å². The standard InChI is InChI=1S/C28H30FNO4/c1-18(2)28-24(14-13-22(31)15-23(32)16-27(33)34-3)25(19-9-11-21(29)12-10-19)17-26(30-28)20-7-5-4-6-8-20/h4-14,17-18,22-23,31-32H,15-16H2,1-3H3/b14-13+/t22-,23-/m1/s1. The third-order valence-corrected chi connectivity index (χ3v) is 5.49. The van der Waals surface area contributed by atoms with Crippen LogP contribution in [-0.2, 0) is 9.53 Å². The van der Waals surface area contributed by atoms with E-state index in [9.17, 15) is 19.4 Å². The van der Waals surface area contributed by atoms with Crippen LogP contribution in [0.3, 0.4) is 0 Å². The maximum absolute atomic E-state index is 13.6. The number of rotatable bonds is 9. The number of carbonyl (C=O) groups is 1. The summed E-state index contributed by atoms with van der Waals surface area (Å²) in [5.74, 6) is -0.785. The van der Waals surface area contributed by atoms with Crippen LogP contribution in [0.2, 0.25) is 0 Å². The van der Waals surface area contributed by atoms with E-state index in [0.29, 0.717) is 0 Å². The molecule has 0 radical (unpaired) electrons. The minimum atomic E-state index is -1.02. The van der Waals surface area contributed by atoms with E-state index >= 15 is 0 Å². The molecule has 6 heteroatoms. The highest BCUT2D eigenvalue weighted by Gasteiger charge is 2.18. The van der Waals surface area contributed by atoms with Gasteiger partial charge in [-0.15, -0.1) is 0 Å². The second-order valence-electron chi connectivity index (χ2n) is 8.48. The fourth-order valence-electron chi connectivity index (χ4n) is 3.74. The van der Waals surface area contributed by atoms with E-state index in [1.165, 1.54) is 19.2 Å². The van der Waals surface area contributed by atoms with Gasteiger partial charge in [0.15, 0.2) is 0 Å². The van der Waals surface area contributed by atoms with Crippen LogP contribution in [0, 0.1) is 5.82 Å². The number of pyridine rings is 1. The summed E-state index contributed by atoms with van der Waals surface area (Å²) >= 11 is 0. The molecule has 0 amide bonds. The van der Waals surface area contributed by atoms with Crippen molar-refractivity contribution in [1.29, 1.82) is 0 Å². The molecule has 3 aromatic rings. The molecule has 5 nitrogen and oxygen atoms in total. The number of carbonyl (C=O) groups excluding carboxylic acids is 1. The van der Waals surface area contributed by atoms with E-state index in [1.54, 1.807) is 24.3 Å². The van der Waals surface area contributed by atoms with Crippen molar-refractivity contribution in [3.8, 4) is 22.4 Å². The van der Waals surface area contributed by atoms with Gasteiger partial charge in [0.25, 0.3) is 0 Å². The van der Waals surface area contributed by atoms with Gasteiger partial charge in [0, 0.05) is 17.5 Å². The second-order valence-corrected chi connectivity index (χ2v) is 8.48. The van der Waals surface area contributed by atoms with Crippen molar-refractivity contribution in [2.75, 3.05) is 7.11 Å². The third-order valence-electron chi connectivity index (χ3n) is 5.49. The number of nitrogens with zero attached hydrogens (tertiary/aromatic N) is 1. The monoisotopic (exact) mass is 463 g/mol. The number of aliphatic hydroxyl groups excluding tert-OH is 2. The van der Waals surface area contributed by atoms with E-state index in [-0.39, 0.29) is 24.6 Å². The molecule has 0 saturated heterocycles. The van der Waals surface area contributed by atoms with E-state index < -0.39 is 18.2 Å². The van der Waals surface area contributed by atoms with Gasteiger partial charge < -0.3 is 14.9 Å². The van der Waals surface area contributed by atoms with Crippen LogP contribution in [0.25, 0.3) is 28.5 Å². The molecule has 3 rings (SSSR count). The SMILES string of the molecule is COC(=O)C[C@H](O)C[C@H](O)/C=C/c1c(-c2ccc(F)cc2)cc(-c2ccccc2)nc1C(C)C. The summed E-state index contributed by atoms with van der Waals surface area (Å²) < 4.78 is 18.2. The summed E-state index contributed by atoms with van der Waals surface area (Å²) in [6.07, 6.45) is 1.17. The molecule has 0 aliphatic heterocycles. The zero-order chi connectivity index (χ0) is 24.7. The van der Waals surface area contributed by atoms with Gasteiger partial charge in [-0.05, 0) is 35.2 Å². The Balaban J connectivity index is 2.04. The molecule has 1 aromatic heterocycles. The van der Waals surface area contributed by atoms with E-state index in [0.717, 1.165) is 33.6 Å². The summed E-state index contributed by atoms with van der Waals surface area (Å²) in [5, 5.41) is 20.5. The zero-order valence-corrected chi connectivity index (χ0v) is 19.6. The van der Waals surface area contributed by atoms with E-state index in [1.807, 2.05) is 50.2 Å². The first-order valence-corrected chi connectivity index (χ1v) is 11.3. The van der Waals surface area contributed by atoms with Gasteiger partial charge in [-0.1, -0.05) is 68.5 Å². The lowest BCUT2D eigenvalue weighted by atomic mass is 9.92. The van der Waals surface area contributed by atoms with Crippen molar-refractivity contribution in [2.45, 2.75) is 44.8 Å². The number of methoxy groups -OCH3 is 1. The Morgan fingerprint density at radius 3 is 2.35 bits per heavy atom. The number of aliphatic hydroxyl groups is 2. The smallest absolute Gasteiger partial charge is 0.308 e. The lowest BCUT2D eigenvalue weighted by molar-refractivity contribution is -0.143. The van der Waals surface area contributed by atoms with Crippen molar-refractivity contribution < 1.29 is 24.1 Å². The van der Waals surface area contributed by atoms with Crippen molar-refractivity contribution >= 4 is 12.0 Å². The molecule has 2 N–H and O–H groups in total. The zero-order valence-electron chi connectivity index (χ0n) is 19.6. The Morgan fingerprint density at radius 2 is 1.74 bits per heavy atom. The Kier molecular flexibility index (Phi) is 8.68. The summed E-state index contributed by atoms with van der Waals surface area (Å²) in [5.41, 5.74) is 5.09. The lowest BCUT2D eigenvalue weighted by Gasteiger charge is -2.18. The highest BCUT2D eigenvalue weighted by molar-refractivity contribution is 5.80. The van der Waals surface area contributed by atoms with Crippen molar-refractivity contribution in [3.05, 3.63) is 83.8 Å². The number of ether oxygens (including phenoxy) is 1. The van der Waals surface area contributed by atoms with Crippen LogP contribution in [0.5, 0.6) is 0 Å². The molecular weight excluding hydrogens is 433 g/mol. The summed E-state index contributed by atoms with van der Waals surface area (Å²) in [7, 11) is 1.25. The maximum Gasteiger partial charge on any atom is 0.308 e. The minimum absolute atomic E-state index is 0.00990. The maximum atomic E-state index is 13.6. The van der Waals surface area contributed by atoms with Gasteiger partial charge in [0.05, 0.1) is 37.1 Å². The van der Waals surface area contributed by atoms with Gasteiger partial charge in [-0.2, -0.15) is 0 Å². The molecular formula is C28H30FNO4. The van der Waals surface area contributed by atoms with Crippen LogP contribution < -0.4 is 0 Å². The topological polar surface area (TPSA) is 79.7 Å². The first-order valence-electron chi connectivity index (χ1n) is 11.3. The summed E-state index contributed by atoms with van der Waals surface area (Å²) in [6, 6.07) is 18.1. The third kappa shape index (κ3) is 6.59. The molecule has 0 spiro atoms. The van der Waals surface area contributed by atoms with Crippen LogP contribution in [0.15, 0.2) is 66.7 Å². The van der Waals surface area contributed by atoms with Crippen molar-refractivity contribution in [2.24, 2.45) is 0 Å². The fourth-order valence-corrected chi connectivity index (χ4v) is 3.74. The number of aromatic nitrogens is 1. The van der Waals surface area contributed by atoms with Gasteiger partial charge >= 0.3 is 5.97 Å². The van der Waals surface area contributed by atoms with Gasteiger partial charge in [0.1, 0.15) is 5.82 Å². The number of benzene rings is 2. The molecule has 0 bridgehead atoms. The Morgan fingerprint density at radius 1 is 1.06 bits per heavy atom. The average Bonchev–Trinajstić information content (AvgIpc) is 2.83. The predicted octanol–water partition coefficient (Wildman–Crippen LogP) is 5.37. The molecule has 0 fully saturated rings. The molecule has 178 valence electrons. The highest BCUT2D eigenvalue weighted by Crippen LogP contribution is 2.34. The largest absolute Gasteiger partial charge is 0.469 e.